The van der Waals surface area contributed by atoms with E-state index in [1.54, 1.807) is 43.5 Å². The van der Waals surface area contributed by atoms with Crippen molar-refractivity contribution in [1.29, 1.82) is 0 Å². The van der Waals surface area contributed by atoms with Gasteiger partial charge in [-0.15, -0.1) is 0 Å². The number of carbonyl (C=O) groups is 1. The standard InChI is InChI=1S/C25H21N3O5/c1-15-5-3-8-22(26-15)28-24(29)18-13-16-6-4-7-20(30-2)23(16)33-25(18)27-17-9-10-19-21(14-17)32-12-11-31-19/h3-10,13-14H,11-12H2,1-2H3,(H,26,28,29). The maximum Gasteiger partial charge on any atom is 0.262 e. The van der Waals surface area contributed by atoms with Gasteiger partial charge in [0.2, 0.25) is 5.55 Å². The third kappa shape index (κ3) is 4.23. The maximum absolute atomic E-state index is 13.2. The van der Waals surface area contributed by atoms with Crippen LogP contribution in [0.5, 0.6) is 17.2 Å². The minimum atomic E-state index is -0.391. The molecule has 4 aromatic rings. The zero-order chi connectivity index (χ0) is 22.8. The number of nitrogens with one attached hydrogen (secondary N) is 1. The molecule has 1 aliphatic heterocycles. The van der Waals surface area contributed by atoms with Crippen molar-refractivity contribution in [3.63, 3.8) is 0 Å². The zero-order valence-corrected chi connectivity index (χ0v) is 18.1. The fourth-order valence-corrected chi connectivity index (χ4v) is 3.55. The molecule has 1 amide bonds. The van der Waals surface area contributed by atoms with E-state index in [1.165, 1.54) is 0 Å². The average molecular weight is 443 g/mol. The number of anilines is 1. The molecule has 0 atom stereocenters. The highest BCUT2D eigenvalue weighted by Gasteiger charge is 2.17. The van der Waals surface area contributed by atoms with Crippen molar-refractivity contribution in [3.8, 4) is 17.2 Å². The number of ether oxygens (including phenoxy) is 3. The monoisotopic (exact) mass is 443 g/mol. The molecular weight excluding hydrogens is 422 g/mol. The number of aromatic nitrogens is 1. The number of amides is 1. The first-order chi connectivity index (χ1) is 16.1. The molecule has 1 N–H and O–H groups in total. The Morgan fingerprint density at radius 2 is 1.85 bits per heavy atom. The number of para-hydroxylation sites is 1. The van der Waals surface area contributed by atoms with Crippen molar-refractivity contribution in [1.82, 2.24) is 4.98 Å². The number of benzene rings is 2. The predicted octanol–water partition coefficient (Wildman–Crippen LogP) is 4.40. The summed E-state index contributed by atoms with van der Waals surface area (Å²) in [6, 6.07) is 17.9. The molecule has 8 heteroatoms. The van der Waals surface area contributed by atoms with E-state index in [9.17, 15) is 4.79 Å². The lowest BCUT2D eigenvalue weighted by atomic mass is 10.1. The highest BCUT2D eigenvalue weighted by atomic mass is 16.6. The first-order valence-corrected chi connectivity index (χ1v) is 10.4. The summed E-state index contributed by atoms with van der Waals surface area (Å²) in [4.78, 5) is 22.2. The highest BCUT2D eigenvalue weighted by molar-refractivity contribution is 6.05. The molecule has 0 unspecified atom stereocenters. The third-order valence-electron chi connectivity index (χ3n) is 5.09. The second kappa shape index (κ2) is 8.66. The van der Waals surface area contributed by atoms with Crippen molar-refractivity contribution in [2.24, 2.45) is 4.99 Å². The van der Waals surface area contributed by atoms with Gasteiger partial charge < -0.3 is 23.9 Å². The lowest BCUT2D eigenvalue weighted by Gasteiger charge is -2.18. The van der Waals surface area contributed by atoms with E-state index in [1.807, 2.05) is 31.2 Å². The summed E-state index contributed by atoms with van der Waals surface area (Å²) in [6.07, 6.45) is 0. The number of methoxy groups -OCH3 is 1. The summed E-state index contributed by atoms with van der Waals surface area (Å²) < 4.78 is 22.8. The van der Waals surface area contributed by atoms with Gasteiger partial charge in [-0.05, 0) is 43.3 Å². The number of pyridine rings is 1. The van der Waals surface area contributed by atoms with Crippen LogP contribution in [0.3, 0.4) is 0 Å². The van der Waals surface area contributed by atoms with Crippen molar-refractivity contribution < 1.29 is 23.4 Å². The van der Waals surface area contributed by atoms with Gasteiger partial charge in [-0.3, -0.25) is 4.79 Å². The van der Waals surface area contributed by atoms with Crippen LogP contribution in [-0.4, -0.2) is 31.2 Å². The van der Waals surface area contributed by atoms with Crippen LogP contribution in [0.15, 0.2) is 70.1 Å². The van der Waals surface area contributed by atoms with E-state index in [0.717, 1.165) is 5.69 Å². The van der Waals surface area contributed by atoms with Crippen LogP contribution in [0.25, 0.3) is 11.0 Å². The summed E-state index contributed by atoms with van der Waals surface area (Å²) >= 11 is 0. The maximum atomic E-state index is 13.2. The molecule has 33 heavy (non-hydrogen) atoms. The molecule has 1 aliphatic rings. The van der Waals surface area contributed by atoms with Crippen LogP contribution < -0.4 is 25.1 Å². The smallest absolute Gasteiger partial charge is 0.262 e. The number of hydrogen-bond donors (Lipinski definition) is 1. The number of nitrogens with zero attached hydrogens (tertiary/aromatic N) is 2. The van der Waals surface area contributed by atoms with Gasteiger partial charge in [-0.2, -0.15) is 0 Å². The predicted molar refractivity (Wildman–Crippen MR) is 122 cm³/mol. The molecule has 0 aliphatic carbocycles. The summed E-state index contributed by atoms with van der Waals surface area (Å²) in [6.45, 7) is 2.82. The molecule has 0 fully saturated rings. The lowest BCUT2D eigenvalue weighted by Crippen LogP contribution is -2.22. The molecular formula is C25H21N3O5. The van der Waals surface area contributed by atoms with Gasteiger partial charge in [0.1, 0.15) is 24.6 Å². The molecule has 0 bridgehead atoms. The highest BCUT2D eigenvalue weighted by Crippen LogP contribution is 2.33. The fourth-order valence-electron chi connectivity index (χ4n) is 3.55. The molecule has 2 aromatic heterocycles. The molecule has 0 spiro atoms. The van der Waals surface area contributed by atoms with Crippen molar-refractivity contribution in [2.45, 2.75) is 6.92 Å². The van der Waals surface area contributed by atoms with Crippen LogP contribution in [0.4, 0.5) is 11.5 Å². The van der Waals surface area contributed by atoms with E-state index >= 15 is 0 Å². The second-order valence-electron chi connectivity index (χ2n) is 7.40. The SMILES string of the molecule is COc1cccc2cc(C(=O)Nc3cccc(C)n3)c(=Nc3ccc4c(c3)OCCO4)oc12. The molecule has 0 saturated heterocycles. The Labute approximate surface area is 189 Å². The van der Waals surface area contributed by atoms with E-state index in [2.05, 4.69) is 15.3 Å². The minimum Gasteiger partial charge on any atom is -0.493 e. The zero-order valence-electron chi connectivity index (χ0n) is 18.1. The Hall–Kier alpha value is -4.33. The van der Waals surface area contributed by atoms with Crippen LogP contribution in [-0.2, 0) is 0 Å². The topological polar surface area (TPSA) is 95.2 Å². The Morgan fingerprint density at radius 1 is 1.03 bits per heavy atom. The van der Waals surface area contributed by atoms with Gasteiger partial charge in [0.25, 0.3) is 5.91 Å². The van der Waals surface area contributed by atoms with E-state index in [-0.39, 0.29) is 11.1 Å². The summed E-state index contributed by atoms with van der Waals surface area (Å²) in [5.41, 5.74) is 2.23. The van der Waals surface area contributed by atoms with E-state index in [4.69, 9.17) is 18.6 Å². The van der Waals surface area contributed by atoms with Crippen molar-refractivity contribution >= 4 is 28.4 Å². The van der Waals surface area contributed by atoms with E-state index in [0.29, 0.717) is 52.9 Å². The first-order valence-electron chi connectivity index (χ1n) is 10.4. The first kappa shape index (κ1) is 20.6. The van der Waals surface area contributed by atoms with Crippen LogP contribution in [0.2, 0.25) is 0 Å². The van der Waals surface area contributed by atoms with Crippen molar-refractivity contribution in [2.75, 3.05) is 25.6 Å². The van der Waals surface area contributed by atoms with Crippen molar-refractivity contribution in [3.05, 3.63) is 77.5 Å². The summed E-state index contributed by atoms with van der Waals surface area (Å²) in [7, 11) is 1.56. The Bertz CT molecular complexity index is 1430. The molecule has 0 radical (unpaired) electrons. The van der Waals surface area contributed by atoms with Gasteiger partial charge in [0.15, 0.2) is 22.8 Å². The van der Waals surface area contributed by atoms with Gasteiger partial charge in [0, 0.05) is 17.1 Å². The quantitative estimate of drug-likeness (QED) is 0.502. The second-order valence-corrected chi connectivity index (χ2v) is 7.40. The van der Waals surface area contributed by atoms with Crippen LogP contribution in [0.1, 0.15) is 16.1 Å². The number of carbonyl (C=O) groups excluding carboxylic acids is 1. The van der Waals surface area contributed by atoms with E-state index < -0.39 is 5.91 Å². The van der Waals surface area contributed by atoms with Crippen LogP contribution >= 0.6 is 0 Å². The summed E-state index contributed by atoms with van der Waals surface area (Å²) in [5, 5.41) is 3.53. The third-order valence-corrected chi connectivity index (χ3v) is 5.09. The van der Waals surface area contributed by atoms with Gasteiger partial charge >= 0.3 is 0 Å². The fraction of sp³-hybridized carbons (Fsp3) is 0.160. The molecule has 2 aromatic carbocycles. The molecule has 5 rings (SSSR count). The molecule has 8 nitrogen and oxygen atoms in total. The van der Waals surface area contributed by atoms with Gasteiger partial charge in [0.05, 0.1) is 12.8 Å². The Kier molecular flexibility index (Phi) is 5.40. The average Bonchev–Trinajstić information content (AvgIpc) is 2.83. The Morgan fingerprint density at radius 3 is 2.67 bits per heavy atom. The molecule has 3 heterocycles. The van der Waals surface area contributed by atoms with Crippen LogP contribution in [0, 0.1) is 6.92 Å². The number of rotatable bonds is 4. The number of aryl methyl sites for hydroxylation is 1. The Balaban J connectivity index is 1.65. The number of hydrogen-bond acceptors (Lipinski definition) is 7. The molecule has 166 valence electrons. The normalized spacial score (nSPS) is 13.1. The summed E-state index contributed by atoms with van der Waals surface area (Å²) in [5.74, 6) is 1.84. The van der Waals surface area contributed by atoms with Gasteiger partial charge in [-0.1, -0.05) is 18.2 Å². The lowest BCUT2D eigenvalue weighted by molar-refractivity contribution is 0.102. The largest absolute Gasteiger partial charge is 0.493 e. The van der Waals surface area contributed by atoms with Gasteiger partial charge in [-0.25, -0.2) is 9.98 Å². The minimum absolute atomic E-state index is 0.133. The molecule has 0 saturated carbocycles. The number of fused-ring (bicyclic) bond motifs is 2.